The van der Waals surface area contributed by atoms with Crippen LogP contribution >= 0.6 is 31.9 Å². The third-order valence-electron chi connectivity index (χ3n) is 13.4. The Morgan fingerprint density at radius 2 is 1.46 bits per heavy atom. The molecule has 0 radical (unpaired) electrons. The van der Waals surface area contributed by atoms with Gasteiger partial charge in [-0.1, -0.05) is 91.6 Å². The second kappa shape index (κ2) is 27.3. The molecule has 7 amide bonds. The summed E-state index contributed by atoms with van der Waals surface area (Å²) in [6.07, 6.45) is 2.09. The number of unbranched alkanes of at least 4 members (excludes halogenated alkanes) is 2. The number of carboxylic acids is 1. The molecule has 0 aromatic heterocycles. The monoisotopic (exact) mass is 1080 g/mol. The van der Waals surface area contributed by atoms with Gasteiger partial charge in [0.2, 0.25) is 29.5 Å². The molecule has 2 heterocycles. The van der Waals surface area contributed by atoms with Gasteiger partial charge in [0.1, 0.15) is 27.1 Å². The number of nitrogens with zero attached hydrogens (tertiary/aromatic N) is 4. The standard InChI is InChI=1S/C49H74Br2N6O11/c1-12-30(6)42(35(67-10)27-37(59)56-25-19-22-34(56)43(68-11)31(7)44(60)52-33(49(65)66)26-32-20-15-13-16-21-32)55(9)48(64)40(28(2)3)53-45(61)41(29(4)5)54(8)36(58)23-17-14-18-24-57-46(62)38(50)39(51)47(57)63/h13,15-16,20-21,28-31,33-35,40-43H,12,14,17-19,22-27H2,1-11H3,(H,52,60)(H,53,61)(H,65,66)/t30-,31-,33?,34?,35-,40?,41?,42+,43-/m1/s1. The number of aliphatic carboxylic acids is 1. The van der Waals surface area contributed by atoms with Crippen LogP contribution in [-0.4, -0.2) is 156 Å². The van der Waals surface area contributed by atoms with E-state index in [0.717, 1.165) is 10.5 Å². The molecule has 0 saturated carbocycles. The van der Waals surface area contributed by atoms with E-state index in [1.165, 1.54) is 19.1 Å². The van der Waals surface area contributed by atoms with E-state index in [9.17, 15) is 43.5 Å². The summed E-state index contributed by atoms with van der Waals surface area (Å²) in [5, 5.41) is 15.6. The van der Waals surface area contributed by atoms with E-state index < -0.39 is 77.9 Å². The number of halogens is 2. The number of nitrogens with one attached hydrogen (secondary N) is 2. The molecule has 1 aromatic carbocycles. The molecule has 19 heteroatoms. The van der Waals surface area contributed by atoms with Crippen LogP contribution < -0.4 is 10.6 Å². The molecule has 1 aromatic rings. The second-order valence-corrected chi connectivity index (χ2v) is 20.4. The van der Waals surface area contributed by atoms with E-state index in [1.54, 1.807) is 55.1 Å². The SMILES string of the molecule is CC[C@@H](C)[C@@H]([C@@H](CC(=O)N1CCCC1[C@H](OC)[C@@H](C)C(=O)NC(Cc1ccccc1)C(=O)O)OC)N(C)C(=O)C(NC(=O)C(C(C)C)N(C)C(=O)CCCCCN1C(=O)C(Br)=C(Br)C1=O)C(C)C. The lowest BCUT2D eigenvalue weighted by molar-refractivity contribution is -0.149. The first kappa shape index (κ1) is 58.1. The molecule has 3 rings (SSSR count). The average Bonchev–Trinajstić information content (AvgIpc) is 3.86. The van der Waals surface area contributed by atoms with Crippen LogP contribution in [0.4, 0.5) is 0 Å². The quantitative estimate of drug-likeness (QED) is 0.0763. The Morgan fingerprint density at radius 1 is 0.838 bits per heavy atom. The number of carbonyl (C=O) groups excluding carboxylic acids is 7. The van der Waals surface area contributed by atoms with Crippen molar-refractivity contribution in [3.8, 4) is 0 Å². The molecule has 4 unspecified atom stereocenters. The smallest absolute Gasteiger partial charge is 0.326 e. The van der Waals surface area contributed by atoms with Crippen LogP contribution in [0, 0.1) is 23.7 Å². The van der Waals surface area contributed by atoms with Gasteiger partial charge in [0.05, 0.1) is 36.6 Å². The van der Waals surface area contributed by atoms with E-state index >= 15 is 0 Å². The number of carboxylic acid groups (broad SMARTS) is 1. The number of methoxy groups -OCH3 is 2. The van der Waals surface area contributed by atoms with Crippen molar-refractivity contribution in [1.82, 2.24) is 30.2 Å². The lowest BCUT2D eigenvalue weighted by Gasteiger charge is -2.41. The summed E-state index contributed by atoms with van der Waals surface area (Å²) in [4.78, 5) is 113. The van der Waals surface area contributed by atoms with Crippen molar-refractivity contribution in [2.45, 2.75) is 149 Å². The summed E-state index contributed by atoms with van der Waals surface area (Å²) in [6, 6.07) is 4.93. The van der Waals surface area contributed by atoms with Crippen LogP contribution in [0.1, 0.15) is 105 Å². The Balaban J connectivity index is 1.70. The minimum atomic E-state index is -1.16. The van der Waals surface area contributed by atoms with Gasteiger partial charge in [-0.25, -0.2) is 4.79 Å². The van der Waals surface area contributed by atoms with E-state index in [1.807, 2.05) is 47.6 Å². The molecule has 2 aliphatic rings. The second-order valence-electron chi connectivity index (χ2n) is 18.8. The number of likely N-dealkylation sites (tertiary alicyclic amines) is 1. The van der Waals surface area contributed by atoms with Gasteiger partial charge < -0.3 is 39.9 Å². The average molecular weight is 1080 g/mol. The number of hydrogen-bond acceptors (Lipinski definition) is 10. The molecule has 2 aliphatic heterocycles. The Kier molecular flexibility index (Phi) is 23.3. The molecule has 0 spiro atoms. The van der Waals surface area contributed by atoms with Gasteiger partial charge in [-0.05, 0) is 80.9 Å². The van der Waals surface area contributed by atoms with Crippen LogP contribution in [0.5, 0.6) is 0 Å². The zero-order valence-corrected chi connectivity index (χ0v) is 44.8. The fraction of sp³-hybridized carbons (Fsp3) is 0.673. The third kappa shape index (κ3) is 14.9. The first-order valence-electron chi connectivity index (χ1n) is 23.7. The van der Waals surface area contributed by atoms with Gasteiger partial charge in [-0.15, -0.1) is 0 Å². The van der Waals surface area contributed by atoms with Crippen molar-refractivity contribution in [3.05, 3.63) is 44.9 Å². The predicted molar refractivity (Wildman–Crippen MR) is 264 cm³/mol. The summed E-state index contributed by atoms with van der Waals surface area (Å²) in [5.41, 5.74) is 0.761. The summed E-state index contributed by atoms with van der Waals surface area (Å²) in [7, 11) is 6.20. The molecule has 0 bridgehead atoms. The summed E-state index contributed by atoms with van der Waals surface area (Å²) in [6.45, 7) is 13.6. The van der Waals surface area contributed by atoms with Gasteiger partial charge >= 0.3 is 5.97 Å². The highest BCUT2D eigenvalue weighted by molar-refractivity contribution is 9.14. The van der Waals surface area contributed by atoms with Crippen molar-refractivity contribution < 1.29 is 52.9 Å². The molecule has 1 saturated heterocycles. The molecule has 68 heavy (non-hydrogen) atoms. The Bertz CT molecular complexity index is 1940. The number of rotatable bonds is 27. The fourth-order valence-corrected chi connectivity index (χ4v) is 10.1. The highest BCUT2D eigenvalue weighted by Crippen LogP contribution is 2.31. The Morgan fingerprint density at radius 3 is 1.99 bits per heavy atom. The molecule has 380 valence electrons. The summed E-state index contributed by atoms with van der Waals surface area (Å²) < 4.78 is 12.3. The fourth-order valence-electron chi connectivity index (χ4n) is 9.33. The van der Waals surface area contributed by atoms with Crippen molar-refractivity contribution in [1.29, 1.82) is 0 Å². The molecule has 1 fully saturated rings. The van der Waals surface area contributed by atoms with Gasteiger partial charge in [-0.2, -0.15) is 0 Å². The predicted octanol–water partition coefficient (Wildman–Crippen LogP) is 5.27. The minimum Gasteiger partial charge on any atom is -0.480 e. The number of likely N-dealkylation sites (N-methyl/N-ethyl adjacent to an activating group) is 2. The van der Waals surface area contributed by atoms with Crippen molar-refractivity contribution in [3.63, 3.8) is 0 Å². The highest BCUT2D eigenvalue weighted by atomic mass is 79.9. The molecule has 0 aliphatic carbocycles. The Labute approximate surface area is 419 Å². The zero-order chi connectivity index (χ0) is 51.2. The highest BCUT2D eigenvalue weighted by Gasteiger charge is 2.44. The van der Waals surface area contributed by atoms with E-state index in [0.29, 0.717) is 45.1 Å². The molecule has 17 nitrogen and oxygen atoms in total. The first-order chi connectivity index (χ1) is 32.0. The van der Waals surface area contributed by atoms with Crippen molar-refractivity contribution in [2.24, 2.45) is 23.7 Å². The zero-order valence-electron chi connectivity index (χ0n) is 41.6. The molecule has 9 atom stereocenters. The number of carbonyl (C=O) groups is 8. The lowest BCUT2D eigenvalue weighted by Crippen LogP contribution is -2.60. The number of benzene rings is 1. The number of amides is 7. The maximum atomic E-state index is 14.6. The molecular formula is C49H74Br2N6O11. The van der Waals surface area contributed by atoms with Crippen LogP contribution in [0.15, 0.2) is 39.3 Å². The third-order valence-corrected chi connectivity index (χ3v) is 15.4. The number of hydrogen-bond donors (Lipinski definition) is 3. The normalized spacial score (nSPS) is 18.8. The first-order valence-corrected chi connectivity index (χ1v) is 25.3. The van der Waals surface area contributed by atoms with Crippen LogP contribution in [-0.2, 0) is 54.3 Å². The van der Waals surface area contributed by atoms with Crippen LogP contribution in [0.25, 0.3) is 0 Å². The maximum absolute atomic E-state index is 14.6. The summed E-state index contributed by atoms with van der Waals surface area (Å²) >= 11 is 6.25. The number of imide groups is 1. The minimum absolute atomic E-state index is 0.0862. The van der Waals surface area contributed by atoms with Crippen molar-refractivity contribution >= 4 is 79.2 Å². The largest absolute Gasteiger partial charge is 0.480 e. The lowest BCUT2D eigenvalue weighted by atomic mass is 9.89. The Hall–Kier alpha value is -4.20. The summed E-state index contributed by atoms with van der Waals surface area (Å²) in [5.74, 6) is -5.44. The van der Waals surface area contributed by atoms with E-state index in [4.69, 9.17) is 9.47 Å². The van der Waals surface area contributed by atoms with Crippen LogP contribution in [0.2, 0.25) is 0 Å². The molecule has 3 N–H and O–H groups in total. The maximum Gasteiger partial charge on any atom is 0.326 e. The number of ether oxygens (including phenoxy) is 2. The van der Waals surface area contributed by atoms with E-state index in [-0.39, 0.29) is 70.2 Å². The van der Waals surface area contributed by atoms with Gasteiger partial charge in [0.25, 0.3) is 11.8 Å². The molecular weight excluding hydrogens is 1010 g/mol. The van der Waals surface area contributed by atoms with E-state index in [2.05, 4.69) is 42.5 Å². The topological polar surface area (TPSA) is 212 Å². The van der Waals surface area contributed by atoms with Crippen molar-refractivity contribution in [2.75, 3.05) is 41.4 Å². The van der Waals surface area contributed by atoms with Gasteiger partial charge in [0, 0.05) is 54.2 Å². The van der Waals surface area contributed by atoms with Gasteiger partial charge in [0.15, 0.2) is 0 Å². The van der Waals surface area contributed by atoms with Crippen LogP contribution in [0.3, 0.4) is 0 Å². The van der Waals surface area contributed by atoms with Gasteiger partial charge in [-0.3, -0.25) is 38.5 Å².